The summed E-state index contributed by atoms with van der Waals surface area (Å²) in [5.41, 5.74) is 5.36. The number of alkyl halides is 2. The zero-order valence-corrected chi connectivity index (χ0v) is 8.23. The topological polar surface area (TPSA) is 26.0 Å². The van der Waals surface area contributed by atoms with Gasteiger partial charge >= 0.3 is 0 Å². The van der Waals surface area contributed by atoms with Gasteiger partial charge in [0, 0.05) is 5.92 Å². The summed E-state index contributed by atoms with van der Waals surface area (Å²) < 4.78 is 26.3. The van der Waals surface area contributed by atoms with E-state index < -0.39 is 11.8 Å². The van der Waals surface area contributed by atoms with E-state index in [1.807, 2.05) is 0 Å². The molecule has 1 saturated carbocycles. The van der Waals surface area contributed by atoms with E-state index in [0.717, 1.165) is 32.6 Å². The Morgan fingerprint density at radius 1 is 1.38 bits per heavy atom. The summed E-state index contributed by atoms with van der Waals surface area (Å²) >= 11 is 0. The quantitative estimate of drug-likeness (QED) is 0.726. The van der Waals surface area contributed by atoms with Crippen LogP contribution < -0.4 is 5.73 Å². The van der Waals surface area contributed by atoms with Gasteiger partial charge in [0.1, 0.15) is 0 Å². The van der Waals surface area contributed by atoms with Gasteiger partial charge in [-0.1, -0.05) is 12.8 Å². The van der Waals surface area contributed by atoms with Crippen molar-refractivity contribution in [3.8, 4) is 0 Å². The van der Waals surface area contributed by atoms with E-state index in [2.05, 4.69) is 0 Å². The van der Waals surface area contributed by atoms with Gasteiger partial charge in [-0.2, -0.15) is 0 Å². The number of hydrogen-bond acceptors (Lipinski definition) is 1. The molecule has 1 aliphatic rings. The highest BCUT2D eigenvalue weighted by atomic mass is 19.3. The van der Waals surface area contributed by atoms with Crippen LogP contribution in [0.15, 0.2) is 0 Å². The fourth-order valence-corrected chi connectivity index (χ4v) is 2.44. The maximum Gasteiger partial charge on any atom is 0.248 e. The molecular formula is C10H19F2N. The molecule has 1 fully saturated rings. The van der Waals surface area contributed by atoms with Crippen LogP contribution in [0.5, 0.6) is 0 Å². The van der Waals surface area contributed by atoms with Crippen LogP contribution in [0.2, 0.25) is 0 Å². The molecule has 0 heterocycles. The Hall–Kier alpha value is -0.180. The van der Waals surface area contributed by atoms with E-state index in [4.69, 9.17) is 5.73 Å². The maximum absolute atomic E-state index is 13.2. The van der Waals surface area contributed by atoms with Crippen LogP contribution in [-0.2, 0) is 0 Å². The average Bonchev–Trinajstić information content (AvgIpc) is 2.49. The van der Waals surface area contributed by atoms with Gasteiger partial charge in [0.05, 0.1) is 0 Å². The molecule has 1 aliphatic carbocycles. The van der Waals surface area contributed by atoms with E-state index in [0.29, 0.717) is 13.0 Å². The summed E-state index contributed by atoms with van der Waals surface area (Å²) in [4.78, 5) is 0. The largest absolute Gasteiger partial charge is 0.330 e. The fraction of sp³-hybridized carbons (Fsp3) is 1.00. The second-order valence-electron chi connectivity index (χ2n) is 4.18. The summed E-state index contributed by atoms with van der Waals surface area (Å²) in [6, 6.07) is 0. The first kappa shape index (κ1) is 10.9. The molecule has 1 unspecified atom stereocenters. The van der Waals surface area contributed by atoms with Crippen molar-refractivity contribution in [1.29, 1.82) is 0 Å². The van der Waals surface area contributed by atoms with Crippen LogP contribution in [0.3, 0.4) is 0 Å². The Morgan fingerprint density at radius 2 is 1.92 bits per heavy atom. The molecule has 0 radical (unpaired) electrons. The van der Waals surface area contributed by atoms with Crippen LogP contribution in [0.25, 0.3) is 0 Å². The molecule has 78 valence electrons. The van der Waals surface area contributed by atoms with E-state index in [9.17, 15) is 8.78 Å². The number of rotatable bonds is 4. The molecule has 2 N–H and O–H groups in total. The lowest BCUT2D eigenvalue weighted by Gasteiger charge is -2.28. The molecule has 0 aromatic carbocycles. The summed E-state index contributed by atoms with van der Waals surface area (Å²) in [5.74, 6) is -2.82. The lowest BCUT2D eigenvalue weighted by Crippen LogP contribution is -2.32. The van der Waals surface area contributed by atoms with E-state index >= 15 is 0 Å². The minimum Gasteiger partial charge on any atom is -0.330 e. The Bertz CT molecular complexity index is 147. The van der Waals surface area contributed by atoms with Crippen molar-refractivity contribution >= 4 is 0 Å². The molecule has 0 aliphatic heterocycles. The number of hydrogen-bond donors (Lipinski definition) is 1. The second kappa shape index (κ2) is 4.36. The van der Waals surface area contributed by atoms with Gasteiger partial charge < -0.3 is 5.73 Å². The van der Waals surface area contributed by atoms with E-state index in [-0.39, 0.29) is 5.92 Å². The lowest BCUT2D eigenvalue weighted by atomic mass is 9.84. The predicted octanol–water partition coefficient (Wildman–Crippen LogP) is 2.80. The normalized spacial score (nSPS) is 22.2. The van der Waals surface area contributed by atoms with Crippen molar-refractivity contribution < 1.29 is 8.78 Å². The molecule has 0 aromatic heterocycles. The minimum atomic E-state index is -2.55. The van der Waals surface area contributed by atoms with Crippen molar-refractivity contribution in [2.75, 3.05) is 6.54 Å². The molecular weight excluding hydrogens is 172 g/mol. The van der Waals surface area contributed by atoms with Crippen molar-refractivity contribution in [2.45, 2.75) is 45.0 Å². The molecule has 0 spiro atoms. The predicted molar refractivity (Wildman–Crippen MR) is 49.7 cm³/mol. The zero-order valence-electron chi connectivity index (χ0n) is 8.23. The molecule has 0 aromatic rings. The molecule has 0 saturated heterocycles. The van der Waals surface area contributed by atoms with Gasteiger partial charge in [0.2, 0.25) is 5.92 Å². The highest BCUT2D eigenvalue weighted by molar-refractivity contribution is 4.83. The van der Waals surface area contributed by atoms with Crippen molar-refractivity contribution in [2.24, 2.45) is 17.6 Å². The Kier molecular flexibility index (Phi) is 3.65. The summed E-state index contributed by atoms with van der Waals surface area (Å²) in [6.45, 7) is 1.41. The van der Waals surface area contributed by atoms with Gasteiger partial charge in [-0.3, -0.25) is 0 Å². The Labute approximate surface area is 78.7 Å². The minimum absolute atomic E-state index is 0.212. The first-order valence-electron chi connectivity index (χ1n) is 5.13. The van der Waals surface area contributed by atoms with Crippen molar-refractivity contribution in [3.63, 3.8) is 0 Å². The third kappa shape index (κ3) is 2.90. The third-order valence-electron chi connectivity index (χ3n) is 3.10. The first-order chi connectivity index (χ1) is 6.05. The van der Waals surface area contributed by atoms with Crippen LogP contribution in [0.4, 0.5) is 8.78 Å². The van der Waals surface area contributed by atoms with Gasteiger partial charge in [-0.25, -0.2) is 8.78 Å². The molecule has 0 amide bonds. The van der Waals surface area contributed by atoms with E-state index in [1.165, 1.54) is 0 Å². The molecule has 13 heavy (non-hydrogen) atoms. The van der Waals surface area contributed by atoms with Gasteiger partial charge in [0.15, 0.2) is 0 Å². The van der Waals surface area contributed by atoms with Crippen molar-refractivity contribution in [1.82, 2.24) is 0 Å². The fourth-order valence-electron chi connectivity index (χ4n) is 2.44. The van der Waals surface area contributed by atoms with Gasteiger partial charge in [-0.05, 0) is 38.6 Å². The average molecular weight is 191 g/mol. The van der Waals surface area contributed by atoms with Gasteiger partial charge in [-0.15, -0.1) is 0 Å². The Balaban J connectivity index is 2.55. The third-order valence-corrected chi connectivity index (χ3v) is 3.10. The zero-order chi connectivity index (χ0) is 9.90. The van der Waals surface area contributed by atoms with Crippen LogP contribution >= 0.6 is 0 Å². The molecule has 1 atom stereocenters. The molecule has 3 heteroatoms. The maximum atomic E-state index is 13.2. The van der Waals surface area contributed by atoms with Crippen LogP contribution in [0.1, 0.15) is 39.0 Å². The monoisotopic (exact) mass is 191 g/mol. The Morgan fingerprint density at radius 3 is 2.31 bits per heavy atom. The summed E-state index contributed by atoms with van der Waals surface area (Å²) in [5, 5.41) is 0. The van der Waals surface area contributed by atoms with E-state index in [1.54, 1.807) is 0 Å². The SMILES string of the molecule is CC(F)(F)C(CCN)C1CCCC1. The molecule has 0 bridgehead atoms. The highest BCUT2D eigenvalue weighted by Crippen LogP contribution is 2.40. The van der Waals surface area contributed by atoms with Crippen molar-refractivity contribution in [3.05, 3.63) is 0 Å². The van der Waals surface area contributed by atoms with Crippen LogP contribution in [-0.4, -0.2) is 12.5 Å². The molecule has 1 nitrogen and oxygen atoms in total. The smallest absolute Gasteiger partial charge is 0.248 e. The standard InChI is InChI=1S/C10H19F2N/c1-10(11,12)9(6-7-13)8-4-2-3-5-8/h8-9H,2-7,13H2,1H3. The number of halogens is 2. The summed E-state index contributed by atoms with van der Waals surface area (Å²) in [7, 11) is 0. The summed E-state index contributed by atoms with van der Waals surface area (Å²) in [6.07, 6.45) is 4.62. The first-order valence-corrected chi connectivity index (χ1v) is 5.13. The number of nitrogens with two attached hydrogens (primary N) is 1. The second-order valence-corrected chi connectivity index (χ2v) is 4.18. The lowest BCUT2D eigenvalue weighted by molar-refractivity contribution is -0.0646. The highest BCUT2D eigenvalue weighted by Gasteiger charge is 2.39. The van der Waals surface area contributed by atoms with Gasteiger partial charge in [0.25, 0.3) is 0 Å². The van der Waals surface area contributed by atoms with Crippen LogP contribution in [0, 0.1) is 11.8 Å². The molecule has 1 rings (SSSR count).